The Balaban J connectivity index is 0.00000106. The van der Waals surface area contributed by atoms with Crippen LogP contribution < -0.4 is 0 Å². The van der Waals surface area contributed by atoms with Gasteiger partial charge in [-0.15, -0.1) is 0 Å². The molecule has 0 spiro atoms. The van der Waals surface area contributed by atoms with E-state index in [2.05, 4.69) is 114 Å². The Morgan fingerprint density at radius 1 is 0.591 bits per heavy atom. The molecule has 4 nitrogen and oxygen atoms in total. The van der Waals surface area contributed by atoms with Gasteiger partial charge in [0.2, 0.25) is 0 Å². The lowest BCUT2D eigenvalue weighted by Crippen LogP contribution is -2.34. The van der Waals surface area contributed by atoms with Gasteiger partial charge >= 0.3 is 7.25 Å². The highest BCUT2D eigenvalue weighted by molar-refractivity contribution is 6.44. The first-order chi connectivity index (χ1) is 21.8. The molecule has 6 rings (SSSR count). The number of rotatable bonds is 9. The molecule has 1 aromatic heterocycles. The van der Waals surface area contributed by atoms with E-state index in [1.54, 1.807) is 0 Å². The average Bonchev–Trinajstić information content (AvgIpc) is 3.67. The number of fused-ring (bicyclic) bond motifs is 1. The third kappa shape index (κ3) is 7.02. The minimum absolute atomic E-state index is 0.521. The van der Waals surface area contributed by atoms with E-state index in [0.29, 0.717) is 13.2 Å². The van der Waals surface area contributed by atoms with Crippen molar-refractivity contribution in [3.05, 3.63) is 144 Å². The Kier molecular flexibility index (Phi) is 12.1. The Labute approximate surface area is 263 Å². The summed E-state index contributed by atoms with van der Waals surface area (Å²) in [6.45, 7) is 13.0. The van der Waals surface area contributed by atoms with Crippen molar-refractivity contribution in [2.75, 3.05) is 13.2 Å². The van der Waals surface area contributed by atoms with Crippen molar-refractivity contribution in [2.24, 2.45) is 4.99 Å². The van der Waals surface area contributed by atoms with Crippen LogP contribution in [0.1, 0.15) is 63.9 Å². The van der Waals surface area contributed by atoms with Crippen LogP contribution >= 0.6 is 0 Å². The Hall–Kier alpha value is -4.45. The fraction of sp³-hybridized carbons (Fsp3) is 0.205. The number of benzene rings is 4. The van der Waals surface area contributed by atoms with Crippen LogP contribution in [-0.4, -0.2) is 30.7 Å². The van der Waals surface area contributed by atoms with Crippen LogP contribution in [0.25, 0.3) is 34.2 Å². The van der Waals surface area contributed by atoms with E-state index in [1.165, 1.54) is 0 Å². The Bertz CT molecular complexity index is 1650. The quantitative estimate of drug-likeness (QED) is 0.162. The molecule has 0 aliphatic carbocycles. The molecule has 0 N–H and O–H groups in total. The van der Waals surface area contributed by atoms with Gasteiger partial charge in [-0.05, 0) is 37.1 Å². The Morgan fingerprint density at radius 2 is 1.07 bits per heavy atom. The van der Waals surface area contributed by atoms with Crippen LogP contribution in [0.5, 0.6) is 0 Å². The van der Waals surface area contributed by atoms with E-state index >= 15 is 0 Å². The second-order valence-electron chi connectivity index (χ2n) is 9.55. The molecule has 0 bridgehead atoms. The van der Waals surface area contributed by atoms with E-state index in [9.17, 15) is 0 Å². The van der Waals surface area contributed by atoms with E-state index in [1.807, 2.05) is 59.7 Å². The maximum Gasteiger partial charge on any atom is 0.597 e. The van der Waals surface area contributed by atoms with Gasteiger partial charge in [-0.3, -0.25) is 0 Å². The molecule has 2 heterocycles. The molecule has 0 atom stereocenters. The predicted octanol–water partition coefficient (Wildman–Crippen LogP) is 10.1. The van der Waals surface area contributed by atoms with Crippen LogP contribution in [0.4, 0.5) is 0 Å². The zero-order valence-corrected chi connectivity index (χ0v) is 26.8. The molecule has 0 saturated carbocycles. The first-order valence-electron chi connectivity index (χ1n) is 15.8. The van der Waals surface area contributed by atoms with Gasteiger partial charge in [-0.2, -0.15) is 0 Å². The lowest BCUT2D eigenvalue weighted by atomic mass is 9.98. The fourth-order valence-electron chi connectivity index (χ4n) is 5.29. The molecule has 0 fully saturated rings. The van der Waals surface area contributed by atoms with Crippen LogP contribution in [0, 0.1) is 0 Å². The Morgan fingerprint density at radius 3 is 1.61 bits per heavy atom. The fourth-order valence-corrected chi connectivity index (χ4v) is 5.29. The maximum absolute atomic E-state index is 6.22. The summed E-state index contributed by atoms with van der Waals surface area (Å²) in [7, 11) is -0.594. The highest BCUT2D eigenvalue weighted by Gasteiger charge is 2.30. The van der Waals surface area contributed by atoms with Gasteiger partial charge in [-0.1, -0.05) is 143 Å². The second kappa shape index (κ2) is 16.4. The second-order valence-corrected chi connectivity index (χ2v) is 9.55. The maximum atomic E-state index is 6.22. The van der Waals surface area contributed by atoms with Crippen molar-refractivity contribution in [1.82, 2.24) is 4.48 Å². The number of aliphatic imine (C=N–C) groups is 1. The van der Waals surface area contributed by atoms with Crippen LogP contribution in [0.2, 0.25) is 0 Å². The van der Waals surface area contributed by atoms with Gasteiger partial charge in [0.25, 0.3) is 0 Å². The summed E-state index contributed by atoms with van der Waals surface area (Å²) < 4.78 is 14.6. The first kappa shape index (κ1) is 32.5. The molecule has 0 unspecified atom stereocenters. The van der Waals surface area contributed by atoms with Crippen molar-refractivity contribution in [3.8, 4) is 22.4 Å². The van der Waals surface area contributed by atoms with Gasteiger partial charge in [0.1, 0.15) is 0 Å². The molecule has 44 heavy (non-hydrogen) atoms. The number of aromatic nitrogens is 1. The highest BCUT2D eigenvalue weighted by atomic mass is 16.6. The monoisotopic (exact) mass is 582 g/mol. The zero-order valence-electron chi connectivity index (χ0n) is 26.8. The summed E-state index contributed by atoms with van der Waals surface area (Å²) in [6, 6.07) is 42.0. The molecule has 0 saturated heterocycles. The summed E-state index contributed by atoms with van der Waals surface area (Å²) in [4.78, 5) is 5.21. The van der Waals surface area contributed by atoms with Crippen molar-refractivity contribution in [2.45, 2.75) is 41.5 Å². The normalized spacial score (nSPS) is 12.4. The largest absolute Gasteiger partial charge is 0.597 e. The standard InChI is InChI=1S/C35H31BN2O2.2C2H6/c1-3-39-36(40-4-2)38-33(27-18-10-6-11-19-27)24-31(26-16-8-5-9-17-26)34(38)25-32-29-22-14-15-23-30(29)35(37-32)28-20-12-7-13-21-28;2*1-2/h5-25H,3-4H2,1-2H3;2*1-2H3/b32-25-;;. The van der Waals surface area contributed by atoms with Crippen molar-refractivity contribution in [3.63, 3.8) is 0 Å². The third-order valence-electron chi connectivity index (χ3n) is 7.07. The molecular weight excluding hydrogens is 539 g/mol. The lowest BCUT2D eigenvalue weighted by Gasteiger charge is -2.19. The lowest BCUT2D eigenvalue weighted by molar-refractivity contribution is 0.205. The van der Waals surface area contributed by atoms with Crippen LogP contribution in [0.15, 0.2) is 126 Å². The molecule has 1 aliphatic rings. The predicted molar refractivity (Wildman–Crippen MR) is 189 cm³/mol. The summed E-state index contributed by atoms with van der Waals surface area (Å²) in [6.07, 6.45) is 2.19. The summed E-state index contributed by atoms with van der Waals surface area (Å²) in [5.74, 6) is 0. The van der Waals surface area contributed by atoms with Gasteiger partial charge < -0.3 is 13.8 Å². The molecule has 0 amide bonds. The highest BCUT2D eigenvalue weighted by Crippen LogP contribution is 2.38. The number of nitrogens with zero attached hydrogens (tertiary/aromatic N) is 2. The van der Waals surface area contributed by atoms with Crippen molar-refractivity contribution < 1.29 is 9.31 Å². The smallest absolute Gasteiger partial charge is 0.392 e. The van der Waals surface area contributed by atoms with Crippen LogP contribution in [-0.2, 0) is 9.31 Å². The molecule has 0 radical (unpaired) electrons. The molecule has 5 aromatic rings. The number of hydrogen-bond donors (Lipinski definition) is 0. The van der Waals surface area contributed by atoms with Crippen molar-refractivity contribution in [1.29, 1.82) is 0 Å². The van der Waals surface area contributed by atoms with E-state index < -0.39 is 7.25 Å². The van der Waals surface area contributed by atoms with Gasteiger partial charge in [-0.25, -0.2) is 4.99 Å². The van der Waals surface area contributed by atoms with Gasteiger partial charge in [0, 0.05) is 46.9 Å². The first-order valence-corrected chi connectivity index (χ1v) is 15.8. The van der Waals surface area contributed by atoms with E-state index in [-0.39, 0.29) is 0 Å². The SMILES string of the molecule is CC.CC.CCOB(OCC)n1c(-c2ccccc2)cc(-c2ccccc2)c1/C=C1\N=C(c2ccccc2)c2ccccc21. The van der Waals surface area contributed by atoms with Crippen molar-refractivity contribution >= 4 is 24.7 Å². The molecular formula is C39H43BN2O2. The molecule has 5 heteroatoms. The molecule has 4 aromatic carbocycles. The number of hydrogen-bond acceptors (Lipinski definition) is 3. The third-order valence-corrected chi connectivity index (χ3v) is 7.07. The van der Waals surface area contributed by atoms with E-state index in [4.69, 9.17) is 14.3 Å². The van der Waals surface area contributed by atoms with Gasteiger partial charge in [0.15, 0.2) is 0 Å². The zero-order chi connectivity index (χ0) is 31.3. The average molecular weight is 583 g/mol. The summed E-state index contributed by atoms with van der Waals surface area (Å²) in [5, 5.41) is 0. The molecule has 224 valence electrons. The minimum atomic E-state index is -0.594. The summed E-state index contributed by atoms with van der Waals surface area (Å²) in [5.41, 5.74) is 10.6. The minimum Gasteiger partial charge on any atom is -0.392 e. The summed E-state index contributed by atoms with van der Waals surface area (Å²) >= 11 is 0. The van der Waals surface area contributed by atoms with Gasteiger partial charge in [0.05, 0.1) is 11.4 Å². The topological polar surface area (TPSA) is 35.8 Å². The molecule has 1 aliphatic heterocycles. The van der Waals surface area contributed by atoms with E-state index in [0.717, 1.165) is 56.2 Å². The van der Waals surface area contributed by atoms with Crippen LogP contribution in [0.3, 0.4) is 0 Å².